The fourth-order valence-corrected chi connectivity index (χ4v) is 3.39. The lowest BCUT2D eigenvalue weighted by Crippen LogP contribution is -2.25. The van der Waals surface area contributed by atoms with Crippen LogP contribution >= 0.6 is 11.3 Å². The normalized spacial score (nSPS) is 26.9. The Kier molecular flexibility index (Phi) is 3.24. The number of nitrogen functional groups attached to an aromatic ring is 1. The summed E-state index contributed by atoms with van der Waals surface area (Å²) < 4.78 is 0. The quantitative estimate of drug-likeness (QED) is 0.801. The second kappa shape index (κ2) is 4.36. The first-order valence-electron chi connectivity index (χ1n) is 6.17. The van der Waals surface area contributed by atoms with Gasteiger partial charge in [-0.1, -0.05) is 20.8 Å². The van der Waals surface area contributed by atoms with Crippen molar-refractivity contribution in [2.45, 2.75) is 52.4 Å². The molecular formula is C13H22N2S. The Bertz CT molecular complexity index is 343. The first kappa shape index (κ1) is 11.9. The fourth-order valence-electron chi connectivity index (χ4n) is 2.74. The second-order valence-corrected chi connectivity index (χ2v) is 6.91. The zero-order valence-corrected chi connectivity index (χ0v) is 11.3. The standard InChI is InChI=1S/C13H22N2S/c1-13(2,3)10-6-4-9(5-7-10)11-8-16-12(14)15-11/h8-10H,4-7H2,1-3H3,(H2,14,15). The molecule has 0 unspecified atom stereocenters. The van der Waals surface area contributed by atoms with Gasteiger partial charge in [0.1, 0.15) is 0 Å². The van der Waals surface area contributed by atoms with Gasteiger partial charge in [0.05, 0.1) is 5.69 Å². The third kappa shape index (κ3) is 2.57. The SMILES string of the molecule is CC(C)(C)C1CCC(c2csc(N)n2)CC1. The molecule has 3 heteroatoms. The van der Waals surface area contributed by atoms with Gasteiger partial charge in [0, 0.05) is 11.3 Å². The lowest BCUT2D eigenvalue weighted by Gasteiger charge is -2.36. The van der Waals surface area contributed by atoms with Crippen molar-refractivity contribution in [3.8, 4) is 0 Å². The number of thiazole rings is 1. The second-order valence-electron chi connectivity index (χ2n) is 6.03. The molecule has 2 nitrogen and oxygen atoms in total. The molecule has 1 aromatic rings. The lowest BCUT2D eigenvalue weighted by atomic mass is 9.69. The summed E-state index contributed by atoms with van der Waals surface area (Å²) in [6.07, 6.45) is 5.24. The van der Waals surface area contributed by atoms with Crippen LogP contribution in [0.25, 0.3) is 0 Å². The van der Waals surface area contributed by atoms with E-state index >= 15 is 0 Å². The summed E-state index contributed by atoms with van der Waals surface area (Å²) in [5.41, 5.74) is 7.38. The Labute approximate surface area is 102 Å². The third-order valence-corrected chi connectivity index (χ3v) is 4.60. The zero-order chi connectivity index (χ0) is 11.8. The van der Waals surface area contributed by atoms with E-state index in [1.807, 2.05) is 0 Å². The molecule has 1 aromatic heterocycles. The Morgan fingerprint density at radius 2 is 1.88 bits per heavy atom. The molecule has 0 spiro atoms. The number of aromatic nitrogens is 1. The highest BCUT2D eigenvalue weighted by Crippen LogP contribution is 2.43. The minimum Gasteiger partial charge on any atom is -0.375 e. The zero-order valence-electron chi connectivity index (χ0n) is 10.5. The summed E-state index contributed by atoms with van der Waals surface area (Å²) in [4.78, 5) is 4.42. The molecule has 2 rings (SSSR count). The summed E-state index contributed by atoms with van der Waals surface area (Å²) in [5, 5.41) is 2.85. The minimum atomic E-state index is 0.464. The molecule has 0 atom stereocenters. The van der Waals surface area contributed by atoms with Crippen LogP contribution in [0.2, 0.25) is 0 Å². The van der Waals surface area contributed by atoms with E-state index in [4.69, 9.17) is 5.73 Å². The number of rotatable bonds is 1. The molecule has 0 radical (unpaired) electrons. The topological polar surface area (TPSA) is 38.9 Å². The average Bonchev–Trinajstić information content (AvgIpc) is 2.64. The Morgan fingerprint density at radius 1 is 1.25 bits per heavy atom. The van der Waals surface area contributed by atoms with Crippen molar-refractivity contribution < 1.29 is 0 Å². The predicted octanol–water partition coefficient (Wildman–Crippen LogP) is 4.05. The summed E-state index contributed by atoms with van der Waals surface area (Å²) in [6, 6.07) is 0. The summed E-state index contributed by atoms with van der Waals surface area (Å²) in [7, 11) is 0. The van der Waals surface area contributed by atoms with Crippen molar-refractivity contribution in [2.24, 2.45) is 11.3 Å². The van der Waals surface area contributed by atoms with Crippen LogP contribution < -0.4 is 5.73 Å². The van der Waals surface area contributed by atoms with Crippen molar-refractivity contribution in [3.05, 3.63) is 11.1 Å². The first-order chi connectivity index (χ1) is 7.47. The van der Waals surface area contributed by atoms with Gasteiger partial charge in [0.2, 0.25) is 0 Å². The molecule has 1 saturated carbocycles. The van der Waals surface area contributed by atoms with Gasteiger partial charge < -0.3 is 5.73 Å². The number of nitrogens with two attached hydrogens (primary N) is 1. The van der Waals surface area contributed by atoms with Crippen molar-refractivity contribution in [1.29, 1.82) is 0 Å². The van der Waals surface area contributed by atoms with Gasteiger partial charge in [-0.2, -0.15) is 0 Å². The fraction of sp³-hybridized carbons (Fsp3) is 0.769. The van der Waals surface area contributed by atoms with E-state index < -0.39 is 0 Å². The first-order valence-corrected chi connectivity index (χ1v) is 7.05. The summed E-state index contributed by atoms with van der Waals surface area (Å²) in [5.74, 6) is 1.53. The third-order valence-electron chi connectivity index (χ3n) is 3.91. The molecule has 0 bridgehead atoms. The summed E-state index contributed by atoms with van der Waals surface area (Å²) >= 11 is 1.57. The molecule has 1 aliphatic carbocycles. The molecule has 2 N–H and O–H groups in total. The summed E-state index contributed by atoms with van der Waals surface area (Å²) in [6.45, 7) is 7.08. The number of hydrogen-bond acceptors (Lipinski definition) is 3. The molecular weight excluding hydrogens is 216 g/mol. The van der Waals surface area contributed by atoms with Crippen molar-refractivity contribution >= 4 is 16.5 Å². The minimum absolute atomic E-state index is 0.464. The van der Waals surface area contributed by atoms with Gasteiger partial charge in [-0.05, 0) is 37.0 Å². The Balaban J connectivity index is 1.95. The monoisotopic (exact) mass is 238 g/mol. The molecule has 0 amide bonds. The maximum Gasteiger partial charge on any atom is 0.180 e. The van der Waals surface area contributed by atoms with Crippen molar-refractivity contribution in [3.63, 3.8) is 0 Å². The molecule has 0 aromatic carbocycles. The van der Waals surface area contributed by atoms with Gasteiger partial charge in [-0.3, -0.25) is 0 Å². The van der Waals surface area contributed by atoms with E-state index in [-0.39, 0.29) is 0 Å². The maximum absolute atomic E-state index is 5.69. The molecule has 90 valence electrons. The van der Waals surface area contributed by atoms with Gasteiger partial charge >= 0.3 is 0 Å². The average molecular weight is 238 g/mol. The van der Waals surface area contributed by atoms with E-state index in [0.29, 0.717) is 16.5 Å². The van der Waals surface area contributed by atoms with Gasteiger partial charge in [-0.15, -0.1) is 11.3 Å². The van der Waals surface area contributed by atoms with Crippen molar-refractivity contribution in [2.75, 3.05) is 5.73 Å². The Morgan fingerprint density at radius 3 is 2.31 bits per heavy atom. The highest BCUT2D eigenvalue weighted by molar-refractivity contribution is 7.13. The van der Waals surface area contributed by atoms with E-state index in [9.17, 15) is 0 Å². The maximum atomic E-state index is 5.69. The van der Waals surface area contributed by atoms with Crippen LogP contribution in [0.1, 0.15) is 58.1 Å². The van der Waals surface area contributed by atoms with Crippen LogP contribution in [0.4, 0.5) is 5.13 Å². The molecule has 1 heterocycles. The van der Waals surface area contributed by atoms with Gasteiger partial charge in [0.25, 0.3) is 0 Å². The van der Waals surface area contributed by atoms with E-state index in [2.05, 4.69) is 31.1 Å². The molecule has 1 fully saturated rings. The van der Waals surface area contributed by atoms with Gasteiger partial charge in [0.15, 0.2) is 5.13 Å². The highest BCUT2D eigenvalue weighted by atomic mass is 32.1. The molecule has 0 saturated heterocycles. The molecule has 0 aliphatic heterocycles. The number of hydrogen-bond donors (Lipinski definition) is 1. The van der Waals surface area contributed by atoms with E-state index in [1.54, 1.807) is 11.3 Å². The van der Waals surface area contributed by atoms with Crippen molar-refractivity contribution in [1.82, 2.24) is 4.98 Å². The van der Waals surface area contributed by atoms with E-state index in [0.717, 1.165) is 5.92 Å². The van der Waals surface area contributed by atoms with Gasteiger partial charge in [-0.25, -0.2) is 4.98 Å². The van der Waals surface area contributed by atoms with Crippen LogP contribution in [0.15, 0.2) is 5.38 Å². The molecule has 1 aliphatic rings. The smallest absolute Gasteiger partial charge is 0.180 e. The van der Waals surface area contributed by atoms with E-state index in [1.165, 1.54) is 31.4 Å². The van der Waals surface area contributed by atoms with Crippen LogP contribution in [-0.2, 0) is 0 Å². The Hall–Kier alpha value is -0.570. The largest absolute Gasteiger partial charge is 0.375 e. The van der Waals surface area contributed by atoms with Crippen LogP contribution in [-0.4, -0.2) is 4.98 Å². The number of nitrogens with zero attached hydrogens (tertiary/aromatic N) is 1. The molecule has 16 heavy (non-hydrogen) atoms. The van der Waals surface area contributed by atoms with Crippen LogP contribution in [0.5, 0.6) is 0 Å². The number of anilines is 1. The van der Waals surface area contributed by atoms with Crippen LogP contribution in [0.3, 0.4) is 0 Å². The lowest BCUT2D eigenvalue weighted by molar-refractivity contribution is 0.168. The van der Waals surface area contributed by atoms with Crippen LogP contribution in [0, 0.1) is 11.3 Å². The predicted molar refractivity (Wildman–Crippen MR) is 70.7 cm³/mol. The highest BCUT2D eigenvalue weighted by Gasteiger charge is 2.30.